The van der Waals surface area contributed by atoms with Gasteiger partial charge in [-0.05, 0) is 12.1 Å². The lowest BCUT2D eigenvalue weighted by Gasteiger charge is -2.04. The van der Waals surface area contributed by atoms with Crippen molar-refractivity contribution in [1.82, 2.24) is 4.98 Å². The molecule has 0 radical (unpaired) electrons. The van der Waals surface area contributed by atoms with Crippen molar-refractivity contribution >= 4 is 29.0 Å². The average Bonchev–Trinajstić information content (AvgIpc) is 2.43. The van der Waals surface area contributed by atoms with E-state index in [9.17, 15) is 4.79 Å². The number of benzene rings is 1. The first kappa shape index (κ1) is 15.7. The minimum absolute atomic E-state index is 0. The van der Waals surface area contributed by atoms with Gasteiger partial charge in [0, 0.05) is 6.42 Å². The Bertz CT molecular complexity index is 576. The van der Waals surface area contributed by atoms with Crippen LogP contribution in [0, 0.1) is 0 Å². The first-order valence-corrected chi connectivity index (χ1v) is 5.99. The molecule has 0 saturated heterocycles. The van der Waals surface area contributed by atoms with Gasteiger partial charge in [-0.25, -0.2) is 10.3 Å². The normalized spacial score (nSPS) is 9.45. The predicted molar refractivity (Wildman–Crippen MR) is 73.9 cm³/mol. The molecule has 1 aromatic heterocycles. The number of nitrogens with zero attached hydrogens (tertiary/aromatic N) is 1. The van der Waals surface area contributed by atoms with E-state index >= 15 is 0 Å². The van der Waals surface area contributed by atoms with E-state index in [-0.39, 0.29) is 24.1 Å². The minimum Gasteiger partial charge on any atom is -1.00 e. The second-order valence-electron chi connectivity index (χ2n) is 3.94. The van der Waals surface area contributed by atoms with Gasteiger partial charge in [-0.1, -0.05) is 30.1 Å². The van der Waals surface area contributed by atoms with Gasteiger partial charge in [0.05, 0.1) is 11.9 Å². The van der Waals surface area contributed by atoms with Gasteiger partial charge in [-0.2, -0.15) is 0 Å². The molecule has 106 valence electrons. The number of carbonyl (C=O) groups excluding carboxylic acids is 1. The predicted octanol–water partition coefficient (Wildman–Crippen LogP) is -1.43. The molecule has 0 fully saturated rings. The molecule has 1 aromatic carbocycles. The number of aromatic amines is 1. The van der Waals surface area contributed by atoms with Crippen LogP contribution in [0.25, 0.3) is 0 Å². The van der Waals surface area contributed by atoms with Crippen molar-refractivity contribution in [3.63, 3.8) is 0 Å². The molecule has 0 aliphatic rings. The molecule has 1 amide bonds. The molecule has 7 heteroatoms. The molecular formula is C13H16ClN5O. The quantitative estimate of drug-likeness (QED) is 0.644. The highest BCUT2D eigenvalue weighted by molar-refractivity contribution is 5.92. The van der Waals surface area contributed by atoms with Crippen molar-refractivity contribution in [2.45, 2.75) is 13.3 Å². The zero-order chi connectivity index (χ0) is 13.7. The van der Waals surface area contributed by atoms with Crippen LogP contribution in [-0.2, 0) is 4.79 Å². The summed E-state index contributed by atoms with van der Waals surface area (Å²) in [4.78, 5) is 18.4. The number of para-hydroxylation sites is 1. The SMILES string of the molecule is CCC(=O)Nc1c[nH+]c(Nc2ccccc2)nc1N.[Cl-]. The van der Waals surface area contributed by atoms with Crippen LogP contribution in [0.2, 0.25) is 0 Å². The van der Waals surface area contributed by atoms with Crippen LogP contribution in [0.3, 0.4) is 0 Å². The number of nitrogens with one attached hydrogen (secondary N) is 3. The number of anilines is 4. The zero-order valence-electron chi connectivity index (χ0n) is 11.0. The lowest BCUT2D eigenvalue weighted by atomic mass is 10.3. The summed E-state index contributed by atoms with van der Waals surface area (Å²) < 4.78 is 0. The number of amides is 1. The number of aromatic nitrogens is 2. The topological polar surface area (TPSA) is 94.2 Å². The number of halogens is 1. The summed E-state index contributed by atoms with van der Waals surface area (Å²) >= 11 is 0. The lowest BCUT2D eigenvalue weighted by Crippen LogP contribution is -3.00. The minimum atomic E-state index is -0.106. The third kappa shape index (κ3) is 4.10. The van der Waals surface area contributed by atoms with Crippen LogP contribution in [0.5, 0.6) is 0 Å². The molecular weight excluding hydrogens is 278 g/mol. The lowest BCUT2D eigenvalue weighted by molar-refractivity contribution is -0.363. The summed E-state index contributed by atoms with van der Waals surface area (Å²) in [6, 6.07) is 9.60. The van der Waals surface area contributed by atoms with E-state index in [4.69, 9.17) is 5.73 Å². The van der Waals surface area contributed by atoms with E-state index in [2.05, 4.69) is 20.6 Å². The molecule has 0 saturated carbocycles. The van der Waals surface area contributed by atoms with E-state index < -0.39 is 0 Å². The Morgan fingerprint density at radius 2 is 2.05 bits per heavy atom. The largest absolute Gasteiger partial charge is 1.00 e. The molecule has 0 aliphatic carbocycles. The Kier molecular flexibility index (Phi) is 5.74. The third-order valence-electron chi connectivity index (χ3n) is 2.49. The van der Waals surface area contributed by atoms with Crippen molar-refractivity contribution in [1.29, 1.82) is 0 Å². The average molecular weight is 294 g/mol. The molecule has 0 bridgehead atoms. The van der Waals surface area contributed by atoms with Gasteiger partial charge in [0.2, 0.25) is 11.7 Å². The molecule has 5 N–H and O–H groups in total. The number of rotatable bonds is 4. The Morgan fingerprint density at radius 1 is 1.35 bits per heavy atom. The molecule has 0 aliphatic heterocycles. The Morgan fingerprint density at radius 3 is 2.65 bits per heavy atom. The van der Waals surface area contributed by atoms with Crippen LogP contribution in [0.4, 0.5) is 23.1 Å². The van der Waals surface area contributed by atoms with E-state index in [1.807, 2.05) is 30.3 Å². The first-order valence-electron chi connectivity index (χ1n) is 5.99. The number of carbonyl (C=O) groups is 1. The monoisotopic (exact) mass is 293 g/mol. The highest BCUT2D eigenvalue weighted by atomic mass is 35.5. The van der Waals surface area contributed by atoms with Gasteiger partial charge in [-0.3, -0.25) is 4.79 Å². The molecule has 2 rings (SSSR count). The van der Waals surface area contributed by atoms with Crippen LogP contribution in [-0.4, -0.2) is 10.9 Å². The highest BCUT2D eigenvalue weighted by Crippen LogP contribution is 2.16. The maximum atomic E-state index is 11.3. The Hall–Kier alpha value is -2.34. The molecule has 1 heterocycles. The number of H-pyrrole nitrogens is 1. The van der Waals surface area contributed by atoms with Gasteiger partial charge < -0.3 is 23.5 Å². The van der Waals surface area contributed by atoms with Gasteiger partial charge in [0.1, 0.15) is 5.69 Å². The molecule has 20 heavy (non-hydrogen) atoms. The van der Waals surface area contributed by atoms with E-state index in [0.717, 1.165) is 5.69 Å². The summed E-state index contributed by atoms with van der Waals surface area (Å²) in [6.07, 6.45) is 2.00. The summed E-state index contributed by atoms with van der Waals surface area (Å²) in [7, 11) is 0. The number of hydrogen-bond acceptors (Lipinski definition) is 4. The third-order valence-corrected chi connectivity index (χ3v) is 2.49. The van der Waals surface area contributed by atoms with Crippen molar-refractivity contribution < 1.29 is 22.2 Å². The van der Waals surface area contributed by atoms with Crippen molar-refractivity contribution in [3.8, 4) is 0 Å². The van der Waals surface area contributed by atoms with Crippen molar-refractivity contribution in [2.24, 2.45) is 0 Å². The van der Waals surface area contributed by atoms with Crippen molar-refractivity contribution in [2.75, 3.05) is 16.4 Å². The molecule has 2 aromatic rings. The fraction of sp³-hybridized carbons (Fsp3) is 0.154. The molecule has 0 atom stereocenters. The van der Waals surface area contributed by atoms with Gasteiger partial charge in [0.15, 0.2) is 0 Å². The van der Waals surface area contributed by atoms with Crippen molar-refractivity contribution in [3.05, 3.63) is 36.5 Å². The number of hydrogen-bond donors (Lipinski definition) is 3. The van der Waals surface area contributed by atoms with Crippen LogP contribution in [0.1, 0.15) is 13.3 Å². The van der Waals surface area contributed by atoms with Gasteiger partial charge >= 0.3 is 5.95 Å². The first-order chi connectivity index (χ1) is 9.19. The summed E-state index contributed by atoms with van der Waals surface area (Å²) in [5, 5.41) is 5.75. The second-order valence-corrected chi connectivity index (χ2v) is 3.94. The fourth-order valence-electron chi connectivity index (χ4n) is 1.49. The zero-order valence-corrected chi connectivity index (χ0v) is 11.7. The smallest absolute Gasteiger partial charge is 0.396 e. The molecule has 0 spiro atoms. The fourth-order valence-corrected chi connectivity index (χ4v) is 1.49. The molecule has 0 unspecified atom stereocenters. The summed E-state index contributed by atoms with van der Waals surface area (Å²) in [5.74, 6) is 0.669. The number of nitrogen functional groups attached to an aromatic ring is 1. The number of nitrogens with two attached hydrogens (primary N) is 1. The Balaban J connectivity index is 0.00000200. The van der Waals surface area contributed by atoms with Gasteiger partial charge in [0.25, 0.3) is 0 Å². The highest BCUT2D eigenvalue weighted by Gasteiger charge is 2.12. The Labute approximate surface area is 123 Å². The van der Waals surface area contributed by atoms with E-state index in [1.165, 1.54) is 0 Å². The van der Waals surface area contributed by atoms with E-state index in [1.54, 1.807) is 13.1 Å². The van der Waals surface area contributed by atoms with E-state index in [0.29, 0.717) is 18.1 Å². The second kappa shape index (κ2) is 7.30. The van der Waals surface area contributed by atoms with Crippen LogP contribution >= 0.6 is 0 Å². The van der Waals surface area contributed by atoms with Gasteiger partial charge in [-0.15, -0.1) is 0 Å². The van der Waals surface area contributed by atoms with Crippen LogP contribution < -0.4 is 33.8 Å². The van der Waals surface area contributed by atoms with Crippen LogP contribution in [0.15, 0.2) is 36.5 Å². The molecule has 6 nitrogen and oxygen atoms in total. The maximum absolute atomic E-state index is 11.3. The summed E-state index contributed by atoms with van der Waals surface area (Å²) in [6.45, 7) is 1.77. The maximum Gasteiger partial charge on any atom is 0.396 e. The summed E-state index contributed by atoms with van der Waals surface area (Å²) in [5.41, 5.74) is 7.17. The standard InChI is InChI=1S/C13H15N5O.ClH/c1-2-11(19)17-10-8-15-13(18-12(10)14)16-9-6-4-3-5-7-9;/h3-8H,2H2,1H3,(H,17,19)(H3,14,15,16,18);1H.